The minimum atomic E-state index is -0.353. The lowest BCUT2D eigenvalue weighted by atomic mass is 10.1. The summed E-state index contributed by atoms with van der Waals surface area (Å²) < 4.78 is 13.1. The molecular weight excluding hydrogens is 363 g/mol. The Kier molecular flexibility index (Phi) is 4.91. The predicted molar refractivity (Wildman–Crippen MR) is 105 cm³/mol. The SMILES string of the molecule is Cc1ccc(C2SCCN2C(=O)C2CC(=O)N(c3ccc(F)cc3)C2)cc1. The third-order valence-electron chi connectivity index (χ3n) is 5.15. The lowest BCUT2D eigenvalue weighted by Gasteiger charge is -2.27. The van der Waals surface area contributed by atoms with Gasteiger partial charge in [-0.3, -0.25) is 9.59 Å². The third kappa shape index (κ3) is 3.58. The number of nitrogens with zero attached hydrogens (tertiary/aromatic N) is 2. The predicted octanol–water partition coefficient (Wildman–Crippen LogP) is 3.76. The van der Waals surface area contributed by atoms with Crippen molar-refractivity contribution >= 4 is 29.3 Å². The lowest BCUT2D eigenvalue weighted by molar-refractivity contribution is -0.136. The van der Waals surface area contributed by atoms with Crippen molar-refractivity contribution in [3.05, 3.63) is 65.5 Å². The van der Waals surface area contributed by atoms with Crippen LogP contribution in [0.5, 0.6) is 0 Å². The summed E-state index contributed by atoms with van der Waals surface area (Å²) >= 11 is 1.76. The highest BCUT2D eigenvalue weighted by molar-refractivity contribution is 7.99. The molecule has 2 amide bonds. The number of halogens is 1. The van der Waals surface area contributed by atoms with Crippen LogP contribution in [-0.4, -0.2) is 35.6 Å². The Balaban J connectivity index is 1.50. The van der Waals surface area contributed by atoms with Gasteiger partial charge in [0, 0.05) is 31.0 Å². The molecule has 4 rings (SSSR count). The summed E-state index contributed by atoms with van der Waals surface area (Å²) in [4.78, 5) is 29.1. The molecule has 2 saturated heterocycles. The molecule has 2 fully saturated rings. The number of carbonyl (C=O) groups is 2. The van der Waals surface area contributed by atoms with Crippen molar-refractivity contribution in [2.45, 2.75) is 18.7 Å². The molecule has 2 aromatic carbocycles. The van der Waals surface area contributed by atoms with Crippen molar-refractivity contribution in [2.75, 3.05) is 23.7 Å². The van der Waals surface area contributed by atoms with Crippen LogP contribution in [-0.2, 0) is 9.59 Å². The second-order valence-corrected chi connectivity index (χ2v) is 8.24. The standard InChI is InChI=1S/C21H21FN2O2S/c1-14-2-4-15(5-3-14)21-23(10-11-27-21)20(26)16-12-19(25)24(13-16)18-8-6-17(22)7-9-18/h2-9,16,21H,10-13H2,1H3. The van der Waals surface area contributed by atoms with Crippen LogP contribution in [0.3, 0.4) is 0 Å². The van der Waals surface area contributed by atoms with E-state index in [0.717, 1.165) is 11.3 Å². The monoisotopic (exact) mass is 384 g/mol. The van der Waals surface area contributed by atoms with Gasteiger partial charge in [-0.15, -0.1) is 11.8 Å². The lowest BCUT2D eigenvalue weighted by Crippen LogP contribution is -2.37. The maximum atomic E-state index is 13.1. The van der Waals surface area contributed by atoms with Crippen LogP contribution in [0.25, 0.3) is 0 Å². The van der Waals surface area contributed by atoms with Crippen molar-refractivity contribution in [1.29, 1.82) is 0 Å². The summed E-state index contributed by atoms with van der Waals surface area (Å²) in [6, 6.07) is 14.1. The molecule has 0 saturated carbocycles. The van der Waals surface area contributed by atoms with E-state index < -0.39 is 0 Å². The first-order valence-corrected chi connectivity index (χ1v) is 10.1. The van der Waals surface area contributed by atoms with Crippen molar-refractivity contribution in [2.24, 2.45) is 5.92 Å². The Labute approximate surface area is 162 Å². The van der Waals surface area contributed by atoms with E-state index in [1.54, 1.807) is 28.8 Å². The van der Waals surface area contributed by atoms with E-state index >= 15 is 0 Å². The molecule has 2 aliphatic rings. The van der Waals surface area contributed by atoms with Crippen LogP contribution in [0, 0.1) is 18.7 Å². The Morgan fingerprint density at radius 3 is 2.52 bits per heavy atom. The number of benzene rings is 2. The molecule has 0 N–H and O–H groups in total. The fourth-order valence-corrected chi connectivity index (χ4v) is 4.95. The van der Waals surface area contributed by atoms with E-state index in [2.05, 4.69) is 24.3 Å². The molecule has 27 heavy (non-hydrogen) atoms. The topological polar surface area (TPSA) is 40.6 Å². The highest BCUT2D eigenvalue weighted by Crippen LogP contribution is 2.40. The van der Waals surface area contributed by atoms with Gasteiger partial charge in [0.2, 0.25) is 11.8 Å². The maximum Gasteiger partial charge on any atom is 0.229 e. The molecular formula is C21H21FN2O2S. The highest BCUT2D eigenvalue weighted by atomic mass is 32.2. The molecule has 6 heteroatoms. The Bertz CT molecular complexity index is 853. The van der Waals surface area contributed by atoms with E-state index in [-0.39, 0.29) is 35.3 Å². The average Bonchev–Trinajstić information content (AvgIpc) is 3.30. The number of carbonyl (C=O) groups excluding carboxylic acids is 2. The second kappa shape index (κ2) is 7.35. The molecule has 2 aromatic rings. The first-order valence-electron chi connectivity index (χ1n) is 9.07. The number of hydrogen-bond acceptors (Lipinski definition) is 3. The largest absolute Gasteiger partial charge is 0.325 e. The van der Waals surface area contributed by atoms with Gasteiger partial charge in [0.25, 0.3) is 0 Å². The van der Waals surface area contributed by atoms with E-state index in [4.69, 9.17) is 0 Å². The van der Waals surface area contributed by atoms with Crippen molar-refractivity contribution < 1.29 is 14.0 Å². The molecule has 2 atom stereocenters. The van der Waals surface area contributed by atoms with Crippen LogP contribution < -0.4 is 4.90 Å². The second-order valence-electron chi connectivity index (χ2n) is 7.05. The van der Waals surface area contributed by atoms with Crippen molar-refractivity contribution in [3.8, 4) is 0 Å². The summed E-state index contributed by atoms with van der Waals surface area (Å²) in [5, 5.41) is 0.00748. The number of hydrogen-bond donors (Lipinski definition) is 0. The van der Waals surface area contributed by atoms with E-state index in [9.17, 15) is 14.0 Å². The summed E-state index contributed by atoms with van der Waals surface area (Å²) in [7, 11) is 0. The number of anilines is 1. The average molecular weight is 384 g/mol. The van der Waals surface area contributed by atoms with E-state index in [1.165, 1.54) is 17.7 Å². The molecule has 2 aliphatic heterocycles. The molecule has 2 heterocycles. The Hall–Kier alpha value is -2.34. The zero-order valence-corrected chi connectivity index (χ0v) is 15.9. The highest BCUT2D eigenvalue weighted by Gasteiger charge is 2.40. The number of thioether (sulfide) groups is 1. The number of rotatable bonds is 3. The van der Waals surface area contributed by atoms with Gasteiger partial charge >= 0.3 is 0 Å². The van der Waals surface area contributed by atoms with Gasteiger partial charge in [-0.2, -0.15) is 0 Å². The number of aryl methyl sites for hydroxylation is 1. The summed E-state index contributed by atoms with van der Waals surface area (Å²) in [6.45, 7) is 3.09. The van der Waals surface area contributed by atoms with Crippen molar-refractivity contribution in [1.82, 2.24) is 4.90 Å². The van der Waals surface area contributed by atoms with Gasteiger partial charge in [0.15, 0.2) is 0 Å². The number of amides is 2. The molecule has 140 valence electrons. The summed E-state index contributed by atoms with van der Waals surface area (Å²) in [5.41, 5.74) is 2.95. The summed E-state index contributed by atoms with van der Waals surface area (Å²) in [5.74, 6) is 0.150. The Morgan fingerprint density at radius 1 is 1.11 bits per heavy atom. The van der Waals surface area contributed by atoms with E-state index in [0.29, 0.717) is 18.8 Å². The maximum absolute atomic E-state index is 13.1. The molecule has 0 radical (unpaired) electrons. The van der Waals surface area contributed by atoms with Crippen molar-refractivity contribution in [3.63, 3.8) is 0 Å². The van der Waals surface area contributed by atoms with Crippen LogP contribution in [0.15, 0.2) is 48.5 Å². The minimum Gasteiger partial charge on any atom is -0.325 e. The first kappa shape index (κ1) is 18.0. The quantitative estimate of drug-likeness (QED) is 0.809. The smallest absolute Gasteiger partial charge is 0.229 e. The fourth-order valence-electron chi connectivity index (χ4n) is 3.68. The van der Waals surface area contributed by atoms with Gasteiger partial charge < -0.3 is 9.80 Å². The molecule has 0 bridgehead atoms. The molecule has 0 spiro atoms. The van der Waals surface area contributed by atoms with Crippen LogP contribution in [0.4, 0.5) is 10.1 Å². The van der Waals surface area contributed by atoms with Gasteiger partial charge in [-0.25, -0.2) is 4.39 Å². The summed E-state index contributed by atoms with van der Waals surface area (Å²) in [6.07, 6.45) is 0.206. The van der Waals surface area contributed by atoms with Gasteiger partial charge in [0.05, 0.1) is 5.92 Å². The fraction of sp³-hybridized carbons (Fsp3) is 0.333. The Morgan fingerprint density at radius 2 is 1.81 bits per heavy atom. The van der Waals surface area contributed by atoms with Crippen LogP contribution in [0.2, 0.25) is 0 Å². The van der Waals surface area contributed by atoms with Crippen LogP contribution >= 0.6 is 11.8 Å². The first-order chi connectivity index (χ1) is 13.0. The molecule has 0 aromatic heterocycles. The molecule has 4 nitrogen and oxygen atoms in total. The molecule has 2 unspecified atom stereocenters. The van der Waals surface area contributed by atoms with Gasteiger partial charge in [-0.05, 0) is 36.8 Å². The van der Waals surface area contributed by atoms with Gasteiger partial charge in [0.1, 0.15) is 11.2 Å². The normalized spacial score (nSPS) is 22.5. The third-order valence-corrected chi connectivity index (χ3v) is 6.41. The minimum absolute atomic E-state index is 0.00748. The zero-order valence-electron chi connectivity index (χ0n) is 15.1. The molecule has 0 aliphatic carbocycles. The van der Waals surface area contributed by atoms with Gasteiger partial charge in [-0.1, -0.05) is 29.8 Å². The zero-order chi connectivity index (χ0) is 19.0. The van der Waals surface area contributed by atoms with E-state index in [1.807, 2.05) is 11.8 Å². The van der Waals surface area contributed by atoms with Crippen LogP contribution in [0.1, 0.15) is 22.9 Å².